The van der Waals surface area contributed by atoms with Crippen molar-refractivity contribution in [2.75, 3.05) is 0 Å². The molecule has 3 nitrogen and oxygen atoms in total. The molecule has 1 aromatic rings. The molecule has 0 aromatic heterocycles. The number of carbonyl (C=O) groups is 1. The molecule has 0 saturated carbocycles. The highest BCUT2D eigenvalue weighted by molar-refractivity contribution is 7.73. The molecule has 0 bridgehead atoms. The zero-order valence-electron chi connectivity index (χ0n) is 7.55. The predicted octanol–water partition coefficient (Wildman–Crippen LogP) is 1.09. The number of allylic oxidation sites excluding steroid dienone is 1. The van der Waals surface area contributed by atoms with Gasteiger partial charge in [0.2, 0.25) is 10.3 Å². The van der Waals surface area contributed by atoms with Crippen LogP contribution < -0.4 is 0 Å². The number of rotatable bonds is 3. The maximum Gasteiger partial charge on any atom is 0.218 e. The van der Waals surface area contributed by atoms with Gasteiger partial charge in [-0.05, 0) is 23.8 Å². The Labute approximate surface area is 87.4 Å². The Morgan fingerprint density at radius 3 is 2.33 bits per heavy atom. The van der Waals surface area contributed by atoms with Crippen molar-refractivity contribution < 1.29 is 17.6 Å². The molecule has 78 valence electrons. The van der Waals surface area contributed by atoms with Crippen LogP contribution in [0.15, 0.2) is 30.3 Å². The van der Waals surface area contributed by atoms with Crippen LogP contribution in [0.5, 0.6) is 0 Å². The first kappa shape index (κ1) is 11.3. The first-order valence-corrected chi connectivity index (χ1v) is 5.12. The maximum atomic E-state index is 12.5. The van der Waals surface area contributed by atoms with E-state index in [4.69, 9.17) is 0 Å². The van der Waals surface area contributed by atoms with E-state index in [0.717, 1.165) is 6.08 Å². The standard InChI is InChI=1S/C10H7FO3S/c11-9-4-1-8(2-5-9)3-6-10(12)7-15(13)14/h1-7H. The molecule has 15 heavy (non-hydrogen) atoms. The fourth-order valence-electron chi connectivity index (χ4n) is 0.886. The van der Waals surface area contributed by atoms with Gasteiger partial charge in [-0.1, -0.05) is 18.2 Å². The zero-order chi connectivity index (χ0) is 11.3. The summed E-state index contributed by atoms with van der Waals surface area (Å²) in [5.41, 5.74) is 0.620. The van der Waals surface area contributed by atoms with Crippen LogP contribution in [-0.4, -0.2) is 19.6 Å². The zero-order valence-corrected chi connectivity index (χ0v) is 8.37. The Balaban J connectivity index is 2.78. The van der Waals surface area contributed by atoms with Gasteiger partial charge in [0.05, 0.1) is 0 Å². The van der Waals surface area contributed by atoms with Crippen LogP contribution in [0, 0.1) is 5.82 Å². The number of benzene rings is 1. The maximum absolute atomic E-state index is 12.5. The molecular weight excluding hydrogens is 219 g/mol. The molecule has 0 fully saturated rings. The predicted molar refractivity (Wildman–Crippen MR) is 55.4 cm³/mol. The van der Waals surface area contributed by atoms with Crippen molar-refractivity contribution in [2.45, 2.75) is 0 Å². The molecule has 0 heterocycles. The summed E-state index contributed by atoms with van der Waals surface area (Å²) in [6.45, 7) is 0. The highest BCUT2D eigenvalue weighted by atomic mass is 32.2. The van der Waals surface area contributed by atoms with Gasteiger partial charge in [0, 0.05) is 0 Å². The number of halogens is 1. The summed E-state index contributed by atoms with van der Waals surface area (Å²) >= 11 is 0. The van der Waals surface area contributed by atoms with E-state index in [2.05, 4.69) is 0 Å². The third-order valence-electron chi connectivity index (χ3n) is 1.52. The summed E-state index contributed by atoms with van der Waals surface area (Å²) in [7, 11) is -2.49. The molecule has 1 rings (SSSR count). The fraction of sp³-hybridized carbons (Fsp3) is 0. The first-order chi connectivity index (χ1) is 7.08. The second-order valence-corrected chi connectivity index (χ2v) is 3.42. The molecule has 0 N–H and O–H groups in total. The molecule has 1 aromatic carbocycles. The van der Waals surface area contributed by atoms with Gasteiger partial charge >= 0.3 is 0 Å². The van der Waals surface area contributed by atoms with Crippen LogP contribution in [0.3, 0.4) is 0 Å². The summed E-state index contributed by atoms with van der Waals surface area (Å²) < 4.78 is 32.7. The number of hydrogen-bond donors (Lipinski definition) is 0. The Morgan fingerprint density at radius 1 is 1.20 bits per heavy atom. The van der Waals surface area contributed by atoms with Gasteiger partial charge in [-0.25, -0.2) is 4.39 Å². The van der Waals surface area contributed by atoms with Crippen LogP contribution in [0.2, 0.25) is 0 Å². The van der Waals surface area contributed by atoms with Gasteiger partial charge in [-0.2, -0.15) is 8.42 Å². The van der Waals surface area contributed by atoms with Gasteiger partial charge in [-0.3, -0.25) is 4.79 Å². The summed E-state index contributed by atoms with van der Waals surface area (Å²) in [6, 6.07) is 5.46. The fourth-order valence-corrected chi connectivity index (χ4v) is 1.15. The number of hydrogen-bond acceptors (Lipinski definition) is 3. The first-order valence-electron chi connectivity index (χ1n) is 3.98. The van der Waals surface area contributed by atoms with Gasteiger partial charge in [0.15, 0.2) is 5.78 Å². The molecule has 0 aliphatic carbocycles. The van der Waals surface area contributed by atoms with Crippen molar-refractivity contribution in [3.05, 3.63) is 41.7 Å². The van der Waals surface area contributed by atoms with E-state index in [1.807, 2.05) is 0 Å². The highest BCUT2D eigenvalue weighted by Crippen LogP contribution is 2.04. The third-order valence-corrected chi connectivity index (χ3v) is 1.95. The van der Waals surface area contributed by atoms with Crippen LogP contribution in [0.4, 0.5) is 4.39 Å². The van der Waals surface area contributed by atoms with E-state index in [-0.39, 0.29) is 5.82 Å². The average molecular weight is 226 g/mol. The van der Waals surface area contributed by atoms with Gasteiger partial charge in [0.25, 0.3) is 0 Å². The summed E-state index contributed by atoms with van der Waals surface area (Å²) in [6.07, 6.45) is 2.51. The lowest BCUT2D eigenvalue weighted by Gasteiger charge is -1.90. The molecule has 0 amide bonds. The molecule has 0 aliphatic rings. The van der Waals surface area contributed by atoms with Gasteiger partial charge in [-0.15, -0.1) is 0 Å². The van der Waals surface area contributed by atoms with Crippen LogP contribution in [-0.2, 0) is 15.1 Å². The molecule has 0 radical (unpaired) electrons. The van der Waals surface area contributed by atoms with Gasteiger partial charge in [0.1, 0.15) is 11.2 Å². The second kappa shape index (κ2) is 5.21. The van der Waals surface area contributed by atoms with Crippen LogP contribution in [0.25, 0.3) is 6.08 Å². The lowest BCUT2D eigenvalue weighted by molar-refractivity contribution is -0.108. The monoisotopic (exact) mass is 226 g/mol. The second-order valence-electron chi connectivity index (χ2n) is 2.67. The van der Waals surface area contributed by atoms with E-state index >= 15 is 0 Å². The molecule has 0 aliphatic heterocycles. The van der Waals surface area contributed by atoms with Gasteiger partial charge < -0.3 is 0 Å². The van der Waals surface area contributed by atoms with Crippen molar-refractivity contribution in [2.24, 2.45) is 0 Å². The minimum atomic E-state index is -2.49. The smallest absolute Gasteiger partial charge is 0.218 e. The topological polar surface area (TPSA) is 51.2 Å². The Morgan fingerprint density at radius 2 is 1.80 bits per heavy atom. The van der Waals surface area contributed by atoms with Crippen LogP contribution >= 0.6 is 0 Å². The SMILES string of the molecule is O=C(C=Cc1ccc(F)cc1)C=S(=O)=O. The van der Waals surface area contributed by atoms with E-state index in [9.17, 15) is 17.6 Å². The quantitative estimate of drug-likeness (QED) is 0.572. The molecule has 0 saturated heterocycles. The lowest BCUT2D eigenvalue weighted by atomic mass is 10.2. The van der Waals surface area contributed by atoms with E-state index < -0.39 is 16.1 Å². The van der Waals surface area contributed by atoms with Crippen molar-refractivity contribution in [1.29, 1.82) is 0 Å². The van der Waals surface area contributed by atoms with Crippen LogP contribution in [0.1, 0.15) is 5.56 Å². The van der Waals surface area contributed by atoms with E-state index in [1.54, 1.807) is 0 Å². The Bertz CT molecular complexity index is 504. The van der Waals surface area contributed by atoms with Crippen molar-refractivity contribution in [3.63, 3.8) is 0 Å². The summed E-state index contributed by atoms with van der Waals surface area (Å²) in [5.74, 6) is -1.00. The Kier molecular flexibility index (Phi) is 3.93. The van der Waals surface area contributed by atoms with Crippen molar-refractivity contribution >= 4 is 27.5 Å². The largest absolute Gasteiger partial charge is 0.289 e. The van der Waals surface area contributed by atoms with Crippen molar-refractivity contribution in [1.82, 2.24) is 0 Å². The molecule has 0 atom stereocenters. The number of carbonyl (C=O) groups excluding carboxylic acids is 1. The third kappa shape index (κ3) is 4.33. The summed E-state index contributed by atoms with van der Waals surface area (Å²) in [4.78, 5) is 10.9. The highest BCUT2D eigenvalue weighted by Gasteiger charge is 1.92. The molecule has 0 spiro atoms. The minimum absolute atomic E-state index is 0.370. The normalized spacial score (nSPS) is 10.2. The summed E-state index contributed by atoms with van der Waals surface area (Å²) in [5, 5.41) is 0.556. The Hall–Kier alpha value is -1.75. The average Bonchev–Trinajstić information content (AvgIpc) is 2.16. The van der Waals surface area contributed by atoms with Crippen molar-refractivity contribution in [3.8, 4) is 0 Å². The molecule has 5 heteroatoms. The minimum Gasteiger partial charge on any atom is -0.289 e. The van der Waals surface area contributed by atoms with E-state index in [0.29, 0.717) is 10.9 Å². The van der Waals surface area contributed by atoms with E-state index in [1.165, 1.54) is 30.3 Å². The molecular formula is C10H7FO3S. The lowest BCUT2D eigenvalue weighted by Crippen LogP contribution is -1.93. The number of ketones is 1. The molecule has 0 unspecified atom stereocenters.